The second kappa shape index (κ2) is 11.8. The summed E-state index contributed by atoms with van der Waals surface area (Å²) in [6.45, 7) is 2.33. The van der Waals surface area contributed by atoms with Gasteiger partial charge in [0.15, 0.2) is 5.75 Å². The van der Waals surface area contributed by atoms with Gasteiger partial charge in [0.1, 0.15) is 0 Å². The number of anilines is 1. The van der Waals surface area contributed by atoms with Crippen LogP contribution in [0.1, 0.15) is 31.7 Å². The number of nitro groups is 1. The predicted octanol–water partition coefficient (Wildman–Crippen LogP) is 0.506. The molecular weight excluding hydrogens is 426 g/mol. The van der Waals surface area contributed by atoms with E-state index in [9.17, 15) is 24.5 Å². The summed E-state index contributed by atoms with van der Waals surface area (Å²) in [5, 5.41) is 23.4. The number of hydrazone groups is 1. The van der Waals surface area contributed by atoms with E-state index in [2.05, 4.69) is 26.0 Å². The van der Waals surface area contributed by atoms with E-state index in [1.807, 2.05) is 11.9 Å². The highest BCUT2D eigenvalue weighted by Gasteiger charge is 2.22. The highest BCUT2D eigenvalue weighted by molar-refractivity contribution is 5.85. The number of ether oxygens (including phenoxy) is 2. The van der Waals surface area contributed by atoms with Crippen molar-refractivity contribution in [3.05, 3.63) is 48.6 Å². The van der Waals surface area contributed by atoms with Gasteiger partial charge < -0.3 is 14.8 Å². The number of methoxy groups -OCH3 is 1. The lowest BCUT2D eigenvalue weighted by Crippen LogP contribution is -2.28. The van der Waals surface area contributed by atoms with E-state index in [4.69, 9.17) is 9.47 Å². The minimum Gasteiger partial charge on any atom is -0.493 e. The average molecular weight is 449 g/mol. The van der Waals surface area contributed by atoms with Gasteiger partial charge in [-0.15, -0.1) is 5.10 Å². The quantitative estimate of drug-likeness (QED) is 0.154. The molecular formula is C18H23N7O7. The zero-order valence-corrected chi connectivity index (χ0v) is 17.5. The summed E-state index contributed by atoms with van der Waals surface area (Å²) in [6, 6.07) is 2.76. The van der Waals surface area contributed by atoms with Crippen LogP contribution in [0.3, 0.4) is 0 Å². The van der Waals surface area contributed by atoms with Crippen molar-refractivity contribution in [2.24, 2.45) is 5.10 Å². The van der Waals surface area contributed by atoms with Gasteiger partial charge in [-0.05, 0) is 12.5 Å². The number of benzene rings is 1. The Kier molecular flexibility index (Phi) is 8.89. The van der Waals surface area contributed by atoms with Crippen LogP contribution in [0.15, 0.2) is 26.8 Å². The maximum absolute atomic E-state index is 11.9. The average Bonchev–Trinajstić information content (AvgIpc) is 2.75. The fourth-order valence-corrected chi connectivity index (χ4v) is 2.43. The van der Waals surface area contributed by atoms with E-state index in [-0.39, 0.29) is 36.0 Å². The molecule has 0 atom stereocenters. The fourth-order valence-electron chi connectivity index (χ4n) is 2.43. The number of aromatic nitrogens is 3. The standard InChI is InChI=1S/C18H23N7O7/c1-3-4-7-32-15-12(25(29)30)8-11(9-13(15)31-2)10-20-22-14(26)5-6-19-16-17(27)21-18(28)24-23-16/h8-10H,3-7H2,1-2H3,(H,19,23)(H,22,26)(H2,21,24,27,28)/b20-10+. The number of carbonyl (C=O) groups is 1. The summed E-state index contributed by atoms with van der Waals surface area (Å²) in [5.41, 5.74) is 0.842. The van der Waals surface area contributed by atoms with Crippen molar-refractivity contribution in [2.75, 3.05) is 25.6 Å². The van der Waals surface area contributed by atoms with Crippen LogP contribution in [0.2, 0.25) is 0 Å². The molecule has 0 saturated carbocycles. The van der Waals surface area contributed by atoms with Gasteiger partial charge in [0, 0.05) is 24.6 Å². The Labute approximate surface area is 181 Å². The molecule has 32 heavy (non-hydrogen) atoms. The maximum atomic E-state index is 11.9. The monoisotopic (exact) mass is 449 g/mol. The number of nitro benzene ring substituents is 1. The van der Waals surface area contributed by atoms with E-state index in [0.717, 1.165) is 12.8 Å². The third-order valence-corrected chi connectivity index (χ3v) is 3.98. The SMILES string of the molecule is CCCCOc1c(OC)cc(/C=N/NC(=O)CCNc2n[nH]c(=O)[nH]c2=O)cc1[N+](=O)[O-]. The smallest absolute Gasteiger partial charge is 0.342 e. The van der Waals surface area contributed by atoms with Gasteiger partial charge in [0.05, 0.1) is 24.9 Å². The van der Waals surface area contributed by atoms with Gasteiger partial charge in [-0.2, -0.15) is 5.10 Å². The van der Waals surface area contributed by atoms with Gasteiger partial charge >= 0.3 is 11.4 Å². The molecule has 0 unspecified atom stereocenters. The summed E-state index contributed by atoms with van der Waals surface area (Å²) in [4.78, 5) is 47.1. The zero-order chi connectivity index (χ0) is 23.5. The normalized spacial score (nSPS) is 10.7. The Hall–Kier alpha value is -4.23. The molecule has 0 radical (unpaired) electrons. The van der Waals surface area contributed by atoms with E-state index in [1.54, 1.807) is 0 Å². The summed E-state index contributed by atoms with van der Waals surface area (Å²) in [7, 11) is 1.36. The van der Waals surface area contributed by atoms with E-state index >= 15 is 0 Å². The second-order valence-electron chi connectivity index (χ2n) is 6.36. The third kappa shape index (κ3) is 6.93. The molecule has 2 aromatic rings. The molecule has 172 valence electrons. The molecule has 2 rings (SSSR count). The number of nitrogens with one attached hydrogen (secondary N) is 4. The number of rotatable bonds is 12. The van der Waals surface area contributed by atoms with E-state index in [0.29, 0.717) is 12.2 Å². The molecule has 14 heteroatoms. The number of carbonyl (C=O) groups excluding carboxylic acids is 1. The summed E-state index contributed by atoms with van der Waals surface area (Å²) in [6.07, 6.45) is 2.77. The highest BCUT2D eigenvalue weighted by atomic mass is 16.6. The van der Waals surface area contributed by atoms with Crippen LogP contribution in [0.5, 0.6) is 11.5 Å². The molecule has 1 amide bonds. The van der Waals surface area contributed by atoms with Crippen LogP contribution in [0.25, 0.3) is 0 Å². The molecule has 4 N–H and O–H groups in total. The van der Waals surface area contributed by atoms with Gasteiger partial charge in [0.25, 0.3) is 5.56 Å². The van der Waals surface area contributed by atoms with Crippen molar-refractivity contribution >= 4 is 23.6 Å². The molecule has 0 bridgehead atoms. The van der Waals surface area contributed by atoms with Crippen molar-refractivity contribution in [3.8, 4) is 11.5 Å². The number of amides is 1. The van der Waals surface area contributed by atoms with E-state index < -0.39 is 22.1 Å². The number of hydrogen-bond acceptors (Lipinski definition) is 10. The minimum absolute atomic E-state index is 0.0315. The first-order valence-corrected chi connectivity index (χ1v) is 9.59. The number of hydrogen-bond donors (Lipinski definition) is 4. The van der Waals surface area contributed by atoms with Crippen molar-refractivity contribution in [1.29, 1.82) is 0 Å². The number of H-pyrrole nitrogens is 2. The molecule has 0 saturated heterocycles. The predicted molar refractivity (Wildman–Crippen MR) is 114 cm³/mol. The van der Waals surface area contributed by atoms with Crippen LogP contribution in [0.4, 0.5) is 11.5 Å². The van der Waals surface area contributed by atoms with Gasteiger partial charge in [0.2, 0.25) is 17.5 Å². The molecule has 14 nitrogen and oxygen atoms in total. The number of unbranched alkanes of at least 4 members (excludes halogenated alkanes) is 1. The lowest BCUT2D eigenvalue weighted by molar-refractivity contribution is -0.386. The van der Waals surface area contributed by atoms with Crippen LogP contribution in [-0.4, -0.2) is 52.5 Å². The first kappa shape index (κ1) is 24.0. The Morgan fingerprint density at radius 1 is 1.38 bits per heavy atom. The molecule has 1 aromatic carbocycles. The van der Waals surface area contributed by atoms with Gasteiger partial charge in [-0.1, -0.05) is 13.3 Å². The Morgan fingerprint density at radius 3 is 2.81 bits per heavy atom. The molecule has 0 aliphatic rings. The van der Waals surface area contributed by atoms with Crippen LogP contribution < -0.4 is 31.5 Å². The molecule has 1 aromatic heterocycles. The molecule has 1 heterocycles. The molecule has 0 aliphatic carbocycles. The summed E-state index contributed by atoms with van der Waals surface area (Å²) >= 11 is 0. The van der Waals surface area contributed by atoms with E-state index in [1.165, 1.54) is 25.5 Å². The minimum atomic E-state index is -0.745. The topological polar surface area (TPSA) is 194 Å². The van der Waals surface area contributed by atoms with Crippen molar-refractivity contribution < 1.29 is 19.2 Å². The summed E-state index contributed by atoms with van der Waals surface area (Å²) in [5.74, 6) is -0.424. The number of nitrogens with zero attached hydrogens (tertiary/aromatic N) is 3. The largest absolute Gasteiger partial charge is 0.493 e. The Morgan fingerprint density at radius 2 is 2.16 bits per heavy atom. The third-order valence-electron chi connectivity index (χ3n) is 3.98. The molecule has 0 aliphatic heterocycles. The van der Waals surface area contributed by atoms with Crippen LogP contribution in [0, 0.1) is 10.1 Å². The molecule has 0 spiro atoms. The van der Waals surface area contributed by atoms with Crippen LogP contribution >= 0.6 is 0 Å². The highest BCUT2D eigenvalue weighted by Crippen LogP contribution is 2.38. The summed E-state index contributed by atoms with van der Waals surface area (Å²) < 4.78 is 10.7. The second-order valence-corrected chi connectivity index (χ2v) is 6.36. The Balaban J connectivity index is 1.98. The van der Waals surface area contributed by atoms with Gasteiger partial charge in [-0.3, -0.25) is 24.7 Å². The lowest BCUT2D eigenvalue weighted by atomic mass is 10.2. The van der Waals surface area contributed by atoms with Crippen molar-refractivity contribution in [1.82, 2.24) is 20.6 Å². The first-order valence-electron chi connectivity index (χ1n) is 9.59. The van der Waals surface area contributed by atoms with Crippen LogP contribution in [-0.2, 0) is 4.79 Å². The molecule has 0 fully saturated rings. The van der Waals surface area contributed by atoms with Crippen molar-refractivity contribution in [3.63, 3.8) is 0 Å². The zero-order valence-electron chi connectivity index (χ0n) is 17.5. The fraction of sp³-hybridized carbons (Fsp3) is 0.389. The van der Waals surface area contributed by atoms with Crippen molar-refractivity contribution in [2.45, 2.75) is 26.2 Å². The maximum Gasteiger partial charge on any atom is 0.342 e. The first-order chi connectivity index (χ1) is 15.3. The van der Waals surface area contributed by atoms with Gasteiger partial charge in [-0.25, -0.2) is 15.3 Å². The lowest BCUT2D eigenvalue weighted by Gasteiger charge is -2.11. The number of aromatic amines is 2. The Bertz CT molecular complexity index is 1090.